The van der Waals surface area contributed by atoms with E-state index in [1.807, 2.05) is 13.1 Å². The smallest absolute Gasteiger partial charge is 0.252 e. The van der Waals surface area contributed by atoms with Crippen LogP contribution >= 0.6 is 35.3 Å². The predicted octanol–water partition coefficient (Wildman–Crippen LogP) is 2.81. The summed E-state index contributed by atoms with van der Waals surface area (Å²) >= 11 is 1.32. The fraction of sp³-hybridized carbons (Fsp3) is 0.706. The zero-order chi connectivity index (χ0) is 18.0. The van der Waals surface area contributed by atoms with Crippen molar-refractivity contribution in [1.82, 2.24) is 14.5 Å². The van der Waals surface area contributed by atoms with Gasteiger partial charge in [-0.15, -0.1) is 35.3 Å². The Morgan fingerprint density at radius 3 is 2.42 bits per heavy atom. The summed E-state index contributed by atoms with van der Waals surface area (Å²) in [7, 11) is 1.59. The van der Waals surface area contributed by atoms with Gasteiger partial charge < -0.3 is 10.2 Å². The Morgan fingerprint density at radius 1 is 1.27 bits per heavy atom. The fourth-order valence-electron chi connectivity index (χ4n) is 3.85. The normalized spacial score (nSPS) is 23.7. The van der Waals surface area contributed by atoms with E-state index in [1.54, 1.807) is 20.2 Å². The average molecular weight is 512 g/mol. The largest absolute Gasteiger partial charge is 0.351 e. The maximum atomic E-state index is 12.2. The minimum absolute atomic E-state index is 0. The van der Waals surface area contributed by atoms with Gasteiger partial charge in [-0.1, -0.05) is 12.8 Å². The van der Waals surface area contributed by atoms with Gasteiger partial charge in [0.05, 0.1) is 6.54 Å². The highest BCUT2D eigenvalue weighted by molar-refractivity contribution is 14.0. The lowest BCUT2D eigenvalue weighted by Crippen LogP contribution is -2.39. The number of thiophene rings is 1. The molecule has 0 aromatic carbocycles. The Bertz CT molecular complexity index is 719. The molecule has 6 nitrogen and oxygen atoms in total. The van der Waals surface area contributed by atoms with Crippen LogP contribution in [-0.2, 0) is 16.6 Å². The molecule has 1 N–H and O–H groups in total. The summed E-state index contributed by atoms with van der Waals surface area (Å²) in [5, 5.41) is 3.41. The minimum atomic E-state index is -3.35. The maximum Gasteiger partial charge on any atom is 0.252 e. The SMILES string of the molecule is CN=C(NCc1ccc(S(=O)(=O)N(C)C)s1)N1CC2CCCCC2C1.I. The van der Waals surface area contributed by atoms with Crippen LogP contribution in [0.5, 0.6) is 0 Å². The number of nitrogens with zero attached hydrogens (tertiary/aromatic N) is 3. The Hall–Kier alpha value is -0.390. The van der Waals surface area contributed by atoms with E-state index in [4.69, 9.17) is 0 Å². The molecule has 1 aromatic heterocycles. The lowest BCUT2D eigenvalue weighted by atomic mass is 9.82. The van der Waals surface area contributed by atoms with Crippen LogP contribution in [0.25, 0.3) is 0 Å². The van der Waals surface area contributed by atoms with Gasteiger partial charge in [0.15, 0.2) is 5.96 Å². The third kappa shape index (κ3) is 4.71. The molecule has 0 spiro atoms. The summed E-state index contributed by atoms with van der Waals surface area (Å²) in [6.07, 6.45) is 5.41. The quantitative estimate of drug-likeness (QED) is 0.383. The molecule has 3 rings (SSSR count). The summed E-state index contributed by atoms with van der Waals surface area (Å²) in [5.41, 5.74) is 0. The van der Waals surface area contributed by atoms with E-state index in [1.165, 1.54) is 41.3 Å². The fourth-order valence-corrected chi connectivity index (χ4v) is 6.31. The highest BCUT2D eigenvalue weighted by Crippen LogP contribution is 2.36. The third-order valence-corrected chi connectivity index (χ3v) is 8.65. The van der Waals surface area contributed by atoms with Crippen molar-refractivity contribution in [2.24, 2.45) is 16.8 Å². The monoisotopic (exact) mass is 512 g/mol. The van der Waals surface area contributed by atoms with Gasteiger partial charge in [-0.2, -0.15) is 0 Å². The zero-order valence-corrected chi connectivity index (χ0v) is 19.6. The van der Waals surface area contributed by atoms with Crippen LogP contribution in [0.2, 0.25) is 0 Å². The molecule has 1 aromatic rings. The lowest BCUT2D eigenvalue weighted by molar-refractivity contribution is 0.299. The Morgan fingerprint density at radius 2 is 1.88 bits per heavy atom. The number of rotatable bonds is 4. The molecule has 1 aliphatic carbocycles. The first-order valence-electron chi connectivity index (χ1n) is 8.88. The second-order valence-corrected chi connectivity index (χ2v) is 10.7. The van der Waals surface area contributed by atoms with Gasteiger partial charge in [0, 0.05) is 39.1 Å². The summed E-state index contributed by atoms with van der Waals surface area (Å²) < 4.78 is 26.0. The van der Waals surface area contributed by atoms with Crippen molar-refractivity contribution in [2.75, 3.05) is 34.2 Å². The number of nitrogens with one attached hydrogen (secondary N) is 1. The minimum Gasteiger partial charge on any atom is -0.351 e. The number of hydrogen-bond donors (Lipinski definition) is 1. The Labute approximate surface area is 178 Å². The lowest BCUT2D eigenvalue weighted by Gasteiger charge is -2.22. The van der Waals surface area contributed by atoms with Crippen molar-refractivity contribution in [3.63, 3.8) is 0 Å². The molecule has 1 aliphatic heterocycles. The number of guanidine groups is 1. The van der Waals surface area contributed by atoms with Gasteiger partial charge in [-0.3, -0.25) is 4.99 Å². The summed E-state index contributed by atoms with van der Waals surface area (Å²) in [5.74, 6) is 2.55. The van der Waals surface area contributed by atoms with Gasteiger partial charge in [0.2, 0.25) is 0 Å². The summed E-state index contributed by atoms with van der Waals surface area (Å²) in [4.78, 5) is 7.80. The van der Waals surface area contributed by atoms with E-state index in [9.17, 15) is 8.42 Å². The maximum absolute atomic E-state index is 12.2. The molecule has 1 saturated carbocycles. The standard InChI is InChI=1S/C17H28N4O2S2.HI/c1-18-17(21-11-13-6-4-5-7-14(13)12-21)19-10-15-8-9-16(24-15)25(22,23)20(2)3;/h8-9,13-14H,4-7,10-12H2,1-3H3,(H,18,19);1H. The molecule has 1 saturated heterocycles. The van der Waals surface area contributed by atoms with Crippen LogP contribution in [-0.4, -0.2) is 57.8 Å². The van der Waals surface area contributed by atoms with Gasteiger partial charge in [0.1, 0.15) is 4.21 Å². The van der Waals surface area contributed by atoms with Crippen molar-refractivity contribution < 1.29 is 8.42 Å². The van der Waals surface area contributed by atoms with Gasteiger partial charge in [0.25, 0.3) is 10.0 Å². The molecule has 2 heterocycles. The van der Waals surface area contributed by atoms with Gasteiger partial charge in [-0.25, -0.2) is 12.7 Å². The number of fused-ring (bicyclic) bond motifs is 1. The van der Waals surface area contributed by atoms with Crippen molar-refractivity contribution in [3.8, 4) is 0 Å². The van der Waals surface area contributed by atoms with E-state index < -0.39 is 10.0 Å². The van der Waals surface area contributed by atoms with Crippen molar-refractivity contribution in [2.45, 2.75) is 36.4 Å². The highest BCUT2D eigenvalue weighted by Gasteiger charge is 2.35. The summed E-state index contributed by atoms with van der Waals surface area (Å²) in [6.45, 7) is 2.79. The van der Waals surface area contributed by atoms with Crippen molar-refractivity contribution in [3.05, 3.63) is 17.0 Å². The van der Waals surface area contributed by atoms with Gasteiger partial charge >= 0.3 is 0 Å². The van der Waals surface area contributed by atoms with E-state index in [2.05, 4.69) is 15.2 Å². The molecular weight excluding hydrogens is 483 g/mol. The first-order chi connectivity index (χ1) is 11.9. The van der Waals surface area contributed by atoms with Crippen LogP contribution < -0.4 is 5.32 Å². The van der Waals surface area contributed by atoms with Crippen molar-refractivity contribution in [1.29, 1.82) is 0 Å². The molecule has 2 fully saturated rings. The van der Waals surface area contributed by atoms with E-state index in [0.29, 0.717) is 10.8 Å². The second-order valence-electron chi connectivity index (χ2n) is 7.12. The van der Waals surface area contributed by atoms with E-state index in [-0.39, 0.29) is 24.0 Å². The zero-order valence-electron chi connectivity index (χ0n) is 15.6. The average Bonchev–Trinajstić information content (AvgIpc) is 3.22. The number of likely N-dealkylation sites (tertiary alicyclic amines) is 1. The predicted molar refractivity (Wildman–Crippen MR) is 118 cm³/mol. The third-order valence-electron chi connectivity index (χ3n) is 5.28. The number of halogens is 1. The van der Waals surface area contributed by atoms with Crippen LogP contribution in [0.1, 0.15) is 30.6 Å². The van der Waals surface area contributed by atoms with Gasteiger partial charge in [-0.05, 0) is 36.8 Å². The van der Waals surface area contributed by atoms with Crippen LogP contribution in [0.15, 0.2) is 21.3 Å². The van der Waals surface area contributed by atoms with E-state index in [0.717, 1.165) is 35.8 Å². The van der Waals surface area contributed by atoms with Crippen LogP contribution in [0.3, 0.4) is 0 Å². The molecule has 2 atom stereocenters. The molecular formula is C17H29IN4O2S2. The van der Waals surface area contributed by atoms with Crippen molar-refractivity contribution >= 4 is 51.3 Å². The molecule has 2 unspecified atom stereocenters. The molecule has 2 aliphatic rings. The molecule has 0 amide bonds. The summed E-state index contributed by atoms with van der Waals surface area (Å²) in [6, 6.07) is 3.56. The molecule has 148 valence electrons. The molecule has 0 radical (unpaired) electrons. The Balaban J connectivity index is 0.00000243. The van der Waals surface area contributed by atoms with E-state index >= 15 is 0 Å². The first-order valence-corrected chi connectivity index (χ1v) is 11.1. The number of sulfonamides is 1. The first kappa shape index (κ1) is 21.9. The molecule has 0 bridgehead atoms. The molecule has 9 heteroatoms. The number of aliphatic imine (C=N–C) groups is 1. The molecule has 26 heavy (non-hydrogen) atoms. The highest BCUT2D eigenvalue weighted by atomic mass is 127. The van der Waals surface area contributed by atoms with Crippen LogP contribution in [0, 0.1) is 11.8 Å². The second kappa shape index (κ2) is 9.20. The van der Waals surface area contributed by atoms with Crippen LogP contribution in [0.4, 0.5) is 0 Å². The topological polar surface area (TPSA) is 65.0 Å². The Kier molecular flexibility index (Phi) is 7.75. The number of hydrogen-bond acceptors (Lipinski definition) is 4.